The Hall–Kier alpha value is -3.52. The maximum absolute atomic E-state index is 14.0. The number of hydrogen-bond donors (Lipinski definition) is 2. The largest absolute Gasteiger partial charge is 0.355 e. The summed E-state index contributed by atoms with van der Waals surface area (Å²) < 4.78 is 27.1. The third-order valence-electron chi connectivity index (χ3n) is 5.36. The van der Waals surface area contributed by atoms with E-state index in [0.717, 1.165) is 44.5 Å². The Labute approximate surface area is 185 Å². The zero-order chi connectivity index (χ0) is 22.3. The SMILES string of the molecule is O=C(Nc1ccccc1)Nc1ccc(N2CCCN(Cc3ccc(F)cc3F)CC2)nc1. The van der Waals surface area contributed by atoms with Gasteiger partial charge in [0, 0.05) is 50.0 Å². The van der Waals surface area contributed by atoms with Gasteiger partial charge < -0.3 is 15.5 Å². The zero-order valence-electron chi connectivity index (χ0n) is 17.6. The summed E-state index contributed by atoms with van der Waals surface area (Å²) in [5.74, 6) is -0.240. The van der Waals surface area contributed by atoms with Crippen LogP contribution in [-0.2, 0) is 6.54 Å². The van der Waals surface area contributed by atoms with Crippen LogP contribution < -0.4 is 15.5 Å². The number of anilines is 3. The minimum atomic E-state index is -0.560. The van der Waals surface area contributed by atoms with Gasteiger partial charge in [-0.25, -0.2) is 18.6 Å². The Bertz CT molecular complexity index is 1050. The van der Waals surface area contributed by atoms with Gasteiger partial charge in [0.25, 0.3) is 0 Å². The molecule has 1 aliphatic rings. The minimum Gasteiger partial charge on any atom is -0.355 e. The standard InChI is InChI=1S/C24H25F2N5O/c25-19-8-7-18(22(26)15-19)17-30-11-4-12-31(14-13-30)23-10-9-21(16-27-23)29-24(32)28-20-5-2-1-3-6-20/h1-3,5-10,15-16H,4,11-14,17H2,(H2,28,29,32). The van der Waals surface area contributed by atoms with E-state index in [4.69, 9.17) is 0 Å². The van der Waals surface area contributed by atoms with Gasteiger partial charge in [0.05, 0.1) is 11.9 Å². The number of urea groups is 1. The second-order valence-corrected chi connectivity index (χ2v) is 7.70. The lowest BCUT2D eigenvalue weighted by molar-refractivity contribution is 0.262. The lowest BCUT2D eigenvalue weighted by atomic mass is 10.2. The van der Waals surface area contributed by atoms with Crippen LogP contribution in [0.25, 0.3) is 0 Å². The van der Waals surface area contributed by atoms with Gasteiger partial charge in [0.15, 0.2) is 0 Å². The molecule has 1 aromatic heterocycles. The molecule has 4 rings (SSSR count). The van der Waals surface area contributed by atoms with Crippen LogP contribution in [0, 0.1) is 11.6 Å². The first-order valence-electron chi connectivity index (χ1n) is 10.6. The van der Waals surface area contributed by atoms with Crippen molar-refractivity contribution in [2.24, 2.45) is 0 Å². The fraction of sp³-hybridized carbons (Fsp3) is 0.250. The maximum Gasteiger partial charge on any atom is 0.323 e. The highest BCUT2D eigenvalue weighted by Crippen LogP contribution is 2.19. The van der Waals surface area contributed by atoms with E-state index in [-0.39, 0.29) is 6.03 Å². The summed E-state index contributed by atoms with van der Waals surface area (Å²) >= 11 is 0. The van der Waals surface area contributed by atoms with Crippen molar-refractivity contribution in [3.63, 3.8) is 0 Å². The first-order valence-corrected chi connectivity index (χ1v) is 10.6. The summed E-state index contributed by atoms with van der Waals surface area (Å²) in [6.45, 7) is 3.60. The molecule has 0 spiro atoms. The van der Waals surface area contributed by atoms with Crippen molar-refractivity contribution < 1.29 is 13.6 Å². The van der Waals surface area contributed by atoms with E-state index < -0.39 is 11.6 Å². The zero-order valence-corrected chi connectivity index (χ0v) is 17.6. The Balaban J connectivity index is 1.30. The molecule has 0 radical (unpaired) electrons. The molecule has 166 valence electrons. The van der Waals surface area contributed by atoms with Crippen LogP contribution in [0.1, 0.15) is 12.0 Å². The summed E-state index contributed by atoms with van der Waals surface area (Å²) in [6, 6.07) is 16.3. The number of amides is 2. The number of aromatic nitrogens is 1. The summed E-state index contributed by atoms with van der Waals surface area (Å²) in [4.78, 5) is 21.0. The van der Waals surface area contributed by atoms with Gasteiger partial charge in [-0.3, -0.25) is 4.90 Å². The van der Waals surface area contributed by atoms with Gasteiger partial charge in [0.1, 0.15) is 17.5 Å². The van der Waals surface area contributed by atoms with Crippen LogP contribution in [0.5, 0.6) is 0 Å². The number of pyridine rings is 1. The highest BCUT2D eigenvalue weighted by molar-refractivity contribution is 5.99. The lowest BCUT2D eigenvalue weighted by Crippen LogP contribution is -2.31. The Morgan fingerprint density at radius 3 is 2.47 bits per heavy atom. The smallest absolute Gasteiger partial charge is 0.323 e. The first-order chi connectivity index (χ1) is 15.6. The molecule has 6 nitrogen and oxygen atoms in total. The molecule has 2 N–H and O–H groups in total. The Morgan fingerprint density at radius 1 is 0.906 bits per heavy atom. The number of hydrogen-bond acceptors (Lipinski definition) is 4. The molecule has 2 heterocycles. The van der Waals surface area contributed by atoms with E-state index in [1.165, 1.54) is 12.1 Å². The molecular formula is C24H25F2N5O. The van der Waals surface area contributed by atoms with Crippen LogP contribution in [0.3, 0.4) is 0 Å². The predicted octanol–water partition coefficient (Wildman–Crippen LogP) is 4.72. The number of para-hydroxylation sites is 1. The van der Waals surface area contributed by atoms with Crippen molar-refractivity contribution >= 4 is 23.2 Å². The molecule has 0 aliphatic carbocycles. The van der Waals surface area contributed by atoms with E-state index in [2.05, 4.69) is 25.4 Å². The molecule has 32 heavy (non-hydrogen) atoms. The van der Waals surface area contributed by atoms with Crippen LogP contribution in [0.15, 0.2) is 66.9 Å². The molecule has 3 aromatic rings. The molecule has 0 bridgehead atoms. The number of nitrogens with zero attached hydrogens (tertiary/aromatic N) is 3. The van der Waals surface area contributed by atoms with Crippen molar-refractivity contribution in [3.8, 4) is 0 Å². The molecule has 1 fully saturated rings. The van der Waals surface area contributed by atoms with E-state index >= 15 is 0 Å². The highest BCUT2D eigenvalue weighted by atomic mass is 19.1. The second-order valence-electron chi connectivity index (χ2n) is 7.70. The molecule has 0 atom stereocenters. The van der Waals surface area contributed by atoms with Gasteiger partial charge in [-0.15, -0.1) is 0 Å². The summed E-state index contributed by atoms with van der Waals surface area (Å²) in [7, 11) is 0. The third kappa shape index (κ3) is 5.79. The monoisotopic (exact) mass is 437 g/mol. The van der Waals surface area contributed by atoms with Crippen LogP contribution >= 0.6 is 0 Å². The lowest BCUT2D eigenvalue weighted by Gasteiger charge is -2.23. The van der Waals surface area contributed by atoms with Crippen molar-refractivity contribution in [2.75, 3.05) is 41.7 Å². The van der Waals surface area contributed by atoms with Crippen LogP contribution in [0.2, 0.25) is 0 Å². The Morgan fingerprint density at radius 2 is 1.72 bits per heavy atom. The normalized spacial score (nSPS) is 14.6. The summed E-state index contributed by atoms with van der Waals surface area (Å²) in [6.07, 6.45) is 2.54. The van der Waals surface area contributed by atoms with Crippen LogP contribution in [0.4, 0.5) is 30.8 Å². The minimum absolute atomic E-state index is 0.329. The third-order valence-corrected chi connectivity index (χ3v) is 5.36. The quantitative estimate of drug-likeness (QED) is 0.607. The molecule has 1 aliphatic heterocycles. The molecule has 2 aromatic carbocycles. The van der Waals surface area contributed by atoms with Crippen LogP contribution in [-0.4, -0.2) is 42.1 Å². The summed E-state index contributed by atoms with van der Waals surface area (Å²) in [5.41, 5.74) is 1.82. The number of halogens is 2. The van der Waals surface area contributed by atoms with E-state index in [1.54, 1.807) is 6.20 Å². The van der Waals surface area contributed by atoms with Gasteiger partial charge >= 0.3 is 6.03 Å². The average molecular weight is 437 g/mol. The highest BCUT2D eigenvalue weighted by Gasteiger charge is 2.17. The molecule has 0 saturated carbocycles. The first kappa shape index (κ1) is 21.7. The van der Waals surface area contributed by atoms with Crippen molar-refractivity contribution in [3.05, 3.63) is 84.1 Å². The molecule has 1 saturated heterocycles. The van der Waals surface area contributed by atoms with Gasteiger partial charge in [0.2, 0.25) is 0 Å². The van der Waals surface area contributed by atoms with E-state index in [0.29, 0.717) is 23.5 Å². The van der Waals surface area contributed by atoms with Crippen molar-refractivity contribution in [2.45, 2.75) is 13.0 Å². The fourth-order valence-corrected chi connectivity index (χ4v) is 3.71. The molecule has 2 amide bonds. The van der Waals surface area contributed by atoms with Gasteiger partial charge in [-0.1, -0.05) is 24.3 Å². The number of benzene rings is 2. The number of nitrogens with one attached hydrogen (secondary N) is 2. The predicted molar refractivity (Wildman–Crippen MR) is 122 cm³/mol. The average Bonchev–Trinajstić information content (AvgIpc) is 3.02. The molecular weight excluding hydrogens is 412 g/mol. The van der Waals surface area contributed by atoms with Crippen molar-refractivity contribution in [1.29, 1.82) is 0 Å². The van der Waals surface area contributed by atoms with E-state index in [1.807, 2.05) is 42.5 Å². The number of rotatable bonds is 5. The fourth-order valence-electron chi connectivity index (χ4n) is 3.71. The maximum atomic E-state index is 14.0. The van der Waals surface area contributed by atoms with Crippen molar-refractivity contribution in [1.82, 2.24) is 9.88 Å². The second kappa shape index (κ2) is 10.2. The summed E-state index contributed by atoms with van der Waals surface area (Å²) in [5, 5.41) is 5.54. The van der Waals surface area contributed by atoms with E-state index in [9.17, 15) is 13.6 Å². The van der Waals surface area contributed by atoms with Gasteiger partial charge in [-0.05, 0) is 36.8 Å². The van der Waals surface area contributed by atoms with Gasteiger partial charge in [-0.2, -0.15) is 0 Å². The Kier molecular flexibility index (Phi) is 6.91. The number of carbonyl (C=O) groups is 1. The topological polar surface area (TPSA) is 60.5 Å². The number of carbonyl (C=O) groups excluding carboxylic acids is 1. The molecule has 0 unspecified atom stereocenters. The molecule has 8 heteroatoms.